The van der Waals surface area contributed by atoms with Gasteiger partial charge in [0.25, 0.3) is 0 Å². The maximum atomic E-state index is 12.1. The highest BCUT2D eigenvalue weighted by atomic mass is 16.6. The molecule has 5 nitrogen and oxygen atoms in total. The second kappa shape index (κ2) is 10.0. The summed E-state index contributed by atoms with van der Waals surface area (Å²) in [5.41, 5.74) is -0.440. The number of ether oxygens (including phenoxy) is 2. The Morgan fingerprint density at radius 2 is 1.83 bits per heavy atom. The topological polar surface area (TPSA) is 42.0 Å². The summed E-state index contributed by atoms with van der Waals surface area (Å²) >= 11 is 0. The van der Waals surface area contributed by atoms with Crippen LogP contribution in [0.15, 0.2) is 12.7 Å². The Hall–Kier alpha value is -1.07. The van der Waals surface area contributed by atoms with Crippen LogP contribution in [0.1, 0.15) is 52.9 Å². The third-order valence-corrected chi connectivity index (χ3v) is 4.35. The Morgan fingerprint density at radius 3 is 2.38 bits per heavy atom. The molecule has 0 aromatic rings. The number of rotatable bonds is 8. The molecule has 1 fully saturated rings. The lowest BCUT2D eigenvalue weighted by Gasteiger charge is -2.35. The van der Waals surface area contributed by atoms with Crippen molar-refractivity contribution in [3.8, 4) is 0 Å². The van der Waals surface area contributed by atoms with E-state index in [1.807, 2.05) is 33.9 Å². The molecule has 0 bridgehead atoms. The van der Waals surface area contributed by atoms with Crippen molar-refractivity contribution in [2.24, 2.45) is 0 Å². The number of likely N-dealkylation sites (N-methyl/N-ethyl adjacent to an activating group) is 1. The van der Waals surface area contributed by atoms with Crippen molar-refractivity contribution in [3.05, 3.63) is 12.7 Å². The summed E-state index contributed by atoms with van der Waals surface area (Å²) in [5.74, 6) is 0. The first kappa shape index (κ1) is 21.0. The van der Waals surface area contributed by atoms with E-state index < -0.39 is 5.60 Å². The molecule has 0 aromatic carbocycles. The van der Waals surface area contributed by atoms with E-state index in [4.69, 9.17) is 9.47 Å². The first-order valence-electron chi connectivity index (χ1n) is 9.09. The van der Waals surface area contributed by atoms with Gasteiger partial charge in [0, 0.05) is 32.8 Å². The monoisotopic (exact) mass is 340 g/mol. The zero-order valence-corrected chi connectivity index (χ0v) is 16.2. The summed E-state index contributed by atoms with van der Waals surface area (Å²) < 4.78 is 11.4. The van der Waals surface area contributed by atoms with Crippen molar-refractivity contribution >= 4 is 6.09 Å². The molecule has 1 rings (SSSR count). The quantitative estimate of drug-likeness (QED) is 0.499. The summed E-state index contributed by atoms with van der Waals surface area (Å²) in [4.78, 5) is 16.1. The number of hydrogen-bond acceptors (Lipinski definition) is 4. The Morgan fingerprint density at radius 1 is 1.21 bits per heavy atom. The minimum Gasteiger partial charge on any atom is -0.444 e. The molecule has 0 aromatic heterocycles. The van der Waals surface area contributed by atoms with Gasteiger partial charge in [-0.15, -0.1) is 6.58 Å². The van der Waals surface area contributed by atoms with Crippen LogP contribution in [0.2, 0.25) is 0 Å². The van der Waals surface area contributed by atoms with Crippen LogP contribution in [-0.2, 0) is 9.47 Å². The van der Waals surface area contributed by atoms with Gasteiger partial charge < -0.3 is 19.3 Å². The van der Waals surface area contributed by atoms with Crippen LogP contribution >= 0.6 is 0 Å². The van der Waals surface area contributed by atoms with Gasteiger partial charge in [-0.1, -0.05) is 6.08 Å². The third kappa shape index (κ3) is 8.15. The SMILES string of the molecule is C=CCN(C)CCCO[C@H]1CC[C@H](N(C)C(=O)OC(C)(C)C)CC1. The van der Waals surface area contributed by atoms with E-state index in [2.05, 4.69) is 18.5 Å². The van der Waals surface area contributed by atoms with Crippen LogP contribution in [0.3, 0.4) is 0 Å². The molecule has 0 spiro atoms. The normalized spacial score (nSPS) is 21.6. The smallest absolute Gasteiger partial charge is 0.410 e. The van der Waals surface area contributed by atoms with Gasteiger partial charge in [0.05, 0.1) is 6.10 Å². The fourth-order valence-electron chi connectivity index (χ4n) is 2.98. The molecule has 140 valence electrons. The maximum absolute atomic E-state index is 12.1. The van der Waals surface area contributed by atoms with E-state index in [0.29, 0.717) is 6.10 Å². The number of nitrogens with zero attached hydrogens (tertiary/aromatic N) is 2. The number of hydrogen-bond donors (Lipinski definition) is 0. The van der Waals surface area contributed by atoms with Gasteiger partial charge >= 0.3 is 6.09 Å². The number of carbonyl (C=O) groups is 1. The van der Waals surface area contributed by atoms with Crippen LogP contribution in [0.5, 0.6) is 0 Å². The molecule has 1 amide bonds. The summed E-state index contributed by atoms with van der Waals surface area (Å²) in [6.45, 7) is 12.2. The van der Waals surface area contributed by atoms with Gasteiger partial charge in [-0.3, -0.25) is 0 Å². The standard InChI is InChI=1S/C19H36N2O3/c1-7-13-20(5)14-8-15-23-17-11-9-16(10-12-17)21(6)18(22)24-19(2,3)4/h7,16-17H,1,8-15H2,2-6H3/t16-,17-. The summed E-state index contributed by atoms with van der Waals surface area (Å²) in [6, 6.07) is 0.262. The number of carbonyl (C=O) groups excluding carboxylic acids is 1. The number of amides is 1. The van der Waals surface area contributed by atoms with Gasteiger partial charge in [-0.25, -0.2) is 4.79 Å². The predicted octanol–water partition coefficient (Wildman–Crippen LogP) is 3.69. The van der Waals surface area contributed by atoms with E-state index >= 15 is 0 Å². The minimum atomic E-state index is -0.440. The lowest BCUT2D eigenvalue weighted by atomic mass is 9.92. The van der Waals surface area contributed by atoms with Crippen molar-refractivity contribution in [2.45, 2.75) is 70.6 Å². The first-order chi connectivity index (χ1) is 11.2. The van der Waals surface area contributed by atoms with E-state index in [1.54, 1.807) is 4.90 Å². The highest BCUT2D eigenvalue weighted by Crippen LogP contribution is 2.25. The second-order valence-corrected chi connectivity index (χ2v) is 7.80. The Kier molecular flexibility index (Phi) is 8.78. The van der Waals surface area contributed by atoms with Gasteiger partial charge in [-0.05, 0) is 59.9 Å². The Labute approximate surface area is 148 Å². The third-order valence-electron chi connectivity index (χ3n) is 4.35. The van der Waals surface area contributed by atoms with Crippen molar-refractivity contribution in [3.63, 3.8) is 0 Å². The molecular weight excluding hydrogens is 304 g/mol. The highest BCUT2D eigenvalue weighted by Gasteiger charge is 2.29. The second-order valence-electron chi connectivity index (χ2n) is 7.80. The van der Waals surface area contributed by atoms with Crippen LogP contribution in [0.4, 0.5) is 4.79 Å². The molecule has 0 N–H and O–H groups in total. The summed E-state index contributed by atoms with van der Waals surface area (Å²) in [7, 11) is 3.94. The maximum Gasteiger partial charge on any atom is 0.410 e. The molecule has 1 aliphatic carbocycles. The van der Waals surface area contributed by atoms with Crippen LogP contribution in [0, 0.1) is 0 Å². The summed E-state index contributed by atoms with van der Waals surface area (Å²) in [6.07, 6.45) is 7.06. The predicted molar refractivity (Wildman–Crippen MR) is 98.3 cm³/mol. The van der Waals surface area contributed by atoms with E-state index in [1.165, 1.54) is 0 Å². The molecule has 0 aliphatic heterocycles. The van der Waals surface area contributed by atoms with Crippen LogP contribution in [-0.4, -0.2) is 67.4 Å². The van der Waals surface area contributed by atoms with Crippen molar-refractivity contribution < 1.29 is 14.3 Å². The fourth-order valence-corrected chi connectivity index (χ4v) is 2.98. The largest absolute Gasteiger partial charge is 0.444 e. The van der Waals surface area contributed by atoms with E-state index in [0.717, 1.165) is 51.8 Å². The molecule has 5 heteroatoms. The minimum absolute atomic E-state index is 0.225. The van der Waals surface area contributed by atoms with Crippen LogP contribution in [0.25, 0.3) is 0 Å². The molecular formula is C19H36N2O3. The van der Waals surface area contributed by atoms with Gasteiger partial charge in [0.2, 0.25) is 0 Å². The van der Waals surface area contributed by atoms with Crippen LogP contribution < -0.4 is 0 Å². The molecule has 0 heterocycles. The lowest BCUT2D eigenvalue weighted by Crippen LogP contribution is -2.43. The zero-order valence-electron chi connectivity index (χ0n) is 16.2. The lowest BCUT2D eigenvalue weighted by molar-refractivity contribution is -0.00639. The van der Waals surface area contributed by atoms with Crippen molar-refractivity contribution in [1.82, 2.24) is 9.80 Å². The van der Waals surface area contributed by atoms with Gasteiger partial charge in [-0.2, -0.15) is 0 Å². The van der Waals surface area contributed by atoms with Crippen molar-refractivity contribution in [2.75, 3.05) is 33.8 Å². The van der Waals surface area contributed by atoms with Gasteiger partial charge in [0.15, 0.2) is 0 Å². The average molecular weight is 341 g/mol. The molecule has 1 aliphatic rings. The molecule has 24 heavy (non-hydrogen) atoms. The highest BCUT2D eigenvalue weighted by molar-refractivity contribution is 5.68. The molecule has 0 atom stereocenters. The zero-order chi connectivity index (χ0) is 18.2. The Balaban J connectivity index is 2.21. The van der Waals surface area contributed by atoms with E-state index in [-0.39, 0.29) is 12.1 Å². The van der Waals surface area contributed by atoms with Crippen molar-refractivity contribution in [1.29, 1.82) is 0 Å². The average Bonchev–Trinajstić information content (AvgIpc) is 2.50. The first-order valence-corrected chi connectivity index (χ1v) is 9.09. The molecule has 0 saturated heterocycles. The Bertz CT molecular complexity index is 385. The fraction of sp³-hybridized carbons (Fsp3) is 0.842. The van der Waals surface area contributed by atoms with Gasteiger partial charge in [0.1, 0.15) is 5.60 Å². The summed E-state index contributed by atoms with van der Waals surface area (Å²) in [5, 5.41) is 0. The van der Waals surface area contributed by atoms with E-state index in [9.17, 15) is 4.79 Å². The molecule has 1 saturated carbocycles. The molecule has 0 radical (unpaired) electrons. The molecule has 0 unspecified atom stereocenters.